The minimum absolute atomic E-state index is 0.150. The maximum absolute atomic E-state index is 12.1. The molecule has 1 aliphatic rings. The summed E-state index contributed by atoms with van der Waals surface area (Å²) in [4.78, 5) is 0. The molecule has 2 rings (SSSR count). The highest BCUT2D eigenvalue weighted by atomic mass is 32.2. The van der Waals surface area contributed by atoms with E-state index in [0.29, 0.717) is 12.5 Å². The second-order valence-corrected chi connectivity index (χ2v) is 6.86. The SMILES string of the molecule is NCC(NS(=O)(=O)/C=C/c1ccccc1)C1CCCC1. The molecular formula is C15H22N2O2S. The fraction of sp³-hybridized carbons (Fsp3) is 0.467. The van der Waals surface area contributed by atoms with Gasteiger partial charge in [0.05, 0.1) is 0 Å². The van der Waals surface area contributed by atoms with Gasteiger partial charge in [0.2, 0.25) is 10.0 Å². The average molecular weight is 294 g/mol. The molecule has 110 valence electrons. The Morgan fingerprint density at radius 1 is 1.25 bits per heavy atom. The van der Waals surface area contributed by atoms with E-state index < -0.39 is 10.0 Å². The van der Waals surface area contributed by atoms with Crippen molar-refractivity contribution in [2.24, 2.45) is 11.7 Å². The predicted molar refractivity (Wildman–Crippen MR) is 82.3 cm³/mol. The smallest absolute Gasteiger partial charge is 0.234 e. The number of rotatable bonds is 6. The van der Waals surface area contributed by atoms with Crippen LogP contribution >= 0.6 is 0 Å². The van der Waals surface area contributed by atoms with E-state index in [-0.39, 0.29) is 6.04 Å². The zero-order chi connectivity index (χ0) is 14.4. The van der Waals surface area contributed by atoms with E-state index in [0.717, 1.165) is 18.4 Å². The van der Waals surface area contributed by atoms with Gasteiger partial charge >= 0.3 is 0 Å². The van der Waals surface area contributed by atoms with Gasteiger partial charge in [-0.3, -0.25) is 0 Å². The molecule has 1 atom stereocenters. The molecule has 0 saturated heterocycles. The van der Waals surface area contributed by atoms with Gasteiger partial charge in [-0.15, -0.1) is 0 Å². The molecule has 1 fully saturated rings. The van der Waals surface area contributed by atoms with E-state index >= 15 is 0 Å². The van der Waals surface area contributed by atoms with Crippen molar-refractivity contribution in [3.8, 4) is 0 Å². The highest BCUT2D eigenvalue weighted by molar-refractivity contribution is 7.92. The monoisotopic (exact) mass is 294 g/mol. The van der Waals surface area contributed by atoms with Crippen molar-refractivity contribution in [3.63, 3.8) is 0 Å². The maximum Gasteiger partial charge on any atom is 0.234 e. The largest absolute Gasteiger partial charge is 0.329 e. The number of nitrogens with two attached hydrogens (primary N) is 1. The molecule has 1 unspecified atom stereocenters. The fourth-order valence-electron chi connectivity index (χ4n) is 2.68. The highest BCUT2D eigenvalue weighted by Gasteiger charge is 2.26. The number of benzene rings is 1. The molecule has 0 aromatic heterocycles. The van der Waals surface area contributed by atoms with E-state index in [4.69, 9.17) is 5.73 Å². The van der Waals surface area contributed by atoms with Gasteiger partial charge in [-0.05, 0) is 30.4 Å². The maximum atomic E-state index is 12.1. The van der Waals surface area contributed by atoms with E-state index in [9.17, 15) is 8.42 Å². The molecule has 0 aliphatic heterocycles. The lowest BCUT2D eigenvalue weighted by atomic mass is 9.99. The minimum Gasteiger partial charge on any atom is -0.329 e. The van der Waals surface area contributed by atoms with Crippen molar-refractivity contribution in [2.75, 3.05) is 6.54 Å². The number of nitrogens with one attached hydrogen (secondary N) is 1. The van der Waals surface area contributed by atoms with Crippen LogP contribution < -0.4 is 10.5 Å². The number of hydrogen-bond acceptors (Lipinski definition) is 3. The fourth-order valence-corrected chi connectivity index (χ4v) is 3.80. The van der Waals surface area contributed by atoms with Crippen LogP contribution in [-0.2, 0) is 10.0 Å². The first kappa shape index (κ1) is 15.2. The molecule has 1 aromatic rings. The lowest BCUT2D eigenvalue weighted by Crippen LogP contribution is -2.43. The third-order valence-electron chi connectivity index (χ3n) is 3.78. The Kier molecular flexibility index (Phi) is 5.34. The van der Waals surface area contributed by atoms with E-state index in [1.165, 1.54) is 18.2 Å². The summed E-state index contributed by atoms with van der Waals surface area (Å²) in [5, 5.41) is 1.22. The van der Waals surface area contributed by atoms with Crippen LogP contribution in [0.25, 0.3) is 6.08 Å². The topological polar surface area (TPSA) is 72.2 Å². The van der Waals surface area contributed by atoms with E-state index in [1.807, 2.05) is 30.3 Å². The summed E-state index contributed by atoms with van der Waals surface area (Å²) in [5.41, 5.74) is 6.58. The first-order valence-electron chi connectivity index (χ1n) is 7.06. The molecule has 1 saturated carbocycles. The van der Waals surface area contributed by atoms with Gasteiger partial charge in [-0.25, -0.2) is 13.1 Å². The second-order valence-electron chi connectivity index (χ2n) is 5.26. The zero-order valence-corrected chi connectivity index (χ0v) is 12.4. The molecule has 0 bridgehead atoms. The van der Waals surface area contributed by atoms with Gasteiger partial charge < -0.3 is 5.73 Å². The molecule has 20 heavy (non-hydrogen) atoms. The normalized spacial score (nSPS) is 18.6. The van der Waals surface area contributed by atoms with Crippen LogP contribution in [0.4, 0.5) is 0 Å². The van der Waals surface area contributed by atoms with Crippen LogP contribution in [0.5, 0.6) is 0 Å². The van der Waals surface area contributed by atoms with E-state index in [2.05, 4.69) is 4.72 Å². The van der Waals surface area contributed by atoms with Gasteiger partial charge in [0.25, 0.3) is 0 Å². The summed E-state index contributed by atoms with van der Waals surface area (Å²) in [6.07, 6.45) is 6.07. The molecule has 5 heteroatoms. The highest BCUT2D eigenvalue weighted by Crippen LogP contribution is 2.27. The summed E-state index contributed by atoms with van der Waals surface area (Å²) >= 11 is 0. The Labute approximate surface area is 121 Å². The van der Waals surface area contributed by atoms with Crippen molar-refractivity contribution in [2.45, 2.75) is 31.7 Å². The van der Waals surface area contributed by atoms with Crippen LogP contribution in [0.15, 0.2) is 35.7 Å². The standard InChI is InChI=1S/C15H22N2O2S/c16-12-15(14-8-4-5-9-14)17-20(18,19)11-10-13-6-2-1-3-7-13/h1-3,6-7,10-11,14-15,17H,4-5,8-9,12,16H2/b11-10+. The van der Waals surface area contributed by atoms with Crippen LogP contribution in [0.2, 0.25) is 0 Å². The van der Waals surface area contributed by atoms with Crippen molar-refractivity contribution in [1.29, 1.82) is 0 Å². The molecule has 4 nitrogen and oxygen atoms in total. The van der Waals surface area contributed by atoms with Gasteiger partial charge in [0.15, 0.2) is 0 Å². The Hall–Kier alpha value is -1.17. The van der Waals surface area contributed by atoms with Crippen molar-refractivity contribution in [1.82, 2.24) is 4.72 Å². The lowest BCUT2D eigenvalue weighted by Gasteiger charge is -2.21. The van der Waals surface area contributed by atoms with Gasteiger partial charge in [-0.1, -0.05) is 43.2 Å². The van der Waals surface area contributed by atoms with Crippen molar-refractivity contribution >= 4 is 16.1 Å². The summed E-state index contributed by atoms with van der Waals surface area (Å²) in [7, 11) is -3.44. The van der Waals surface area contributed by atoms with Gasteiger partial charge in [-0.2, -0.15) is 0 Å². The molecule has 1 aliphatic carbocycles. The molecule has 0 spiro atoms. The Morgan fingerprint density at radius 2 is 1.90 bits per heavy atom. The van der Waals surface area contributed by atoms with Gasteiger partial charge in [0.1, 0.15) is 0 Å². The number of sulfonamides is 1. The second kappa shape index (κ2) is 7.02. The van der Waals surface area contributed by atoms with Gasteiger partial charge in [0, 0.05) is 18.0 Å². The predicted octanol–water partition coefficient (Wildman–Crippen LogP) is 2.09. The minimum atomic E-state index is -3.44. The lowest BCUT2D eigenvalue weighted by molar-refractivity contribution is 0.407. The summed E-state index contributed by atoms with van der Waals surface area (Å²) < 4.78 is 26.9. The third-order valence-corrected chi connectivity index (χ3v) is 4.90. The zero-order valence-electron chi connectivity index (χ0n) is 11.5. The number of hydrogen-bond donors (Lipinski definition) is 2. The molecule has 0 heterocycles. The molecule has 0 amide bonds. The summed E-state index contributed by atoms with van der Waals surface area (Å²) in [6.45, 7) is 0.350. The van der Waals surface area contributed by atoms with Crippen LogP contribution in [0.1, 0.15) is 31.2 Å². The average Bonchev–Trinajstić information content (AvgIpc) is 2.98. The molecular weight excluding hydrogens is 272 g/mol. The van der Waals surface area contributed by atoms with Crippen LogP contribution in [0, 0.1) is 5.92 Å². The first-order valence-corrected chi connectivity index (χ1v) is 8.61. The molecule has 3 N–H and O–H groups in total. The molecule has 1 aromatic carbocycles. The van der Waals surface area contributed by atoms with Crippen molar-refractivity contribution < 1.29 is 8.42 Å². The quantitative estimate of drug-likeness (QED) is 0.844. The first-order chi connectivity index (χ1) is 9.61. The van der Waals surface area contributed by atoms with Crippen LogP contribution in [0.3, 0.4) is 0 Å². The third kappa shape index (κ3) is 4.44. The Morgan fingerprint density at radius 3 is 2.50 bits per heavy atom. The summed E-state index contributed by atoms with van der Waals surface area (Å²) in [5.74, 6) is 0.375. The Balaban J connectivity index is 2.00. The van der Waals surface area contributed by atoms with Crippen LogP contribution in [-0.4, -0.2) is 21.0 Å². The molecule has 0 radical (unpaired) electrons. The Bertz CT molecular complexity index is 534. The van der Waals surface area contributed by atoms with Crippen molar-refractivity contribution in [3.05, 3.63) is 41.3 Å². The van der Waals surface area contributed by atoms with E-state index in [1.54, 1.807) is 6.08 Å². The summed E-state index contributed by atoms with van der Waals surface area (Å²) in [6, 6.07) is 9.23.